The molecule has 2 aliphatic rings. The van der Waals surface area contributed by atoms with Crippen LogP contribution >= 0.6 is 0 Å². The number of likely N-dealkylation sites (tertiary alicyclic amines) is 2. The van der Waals surface area contributed by atoms with E-state index >= 15 is 0 Å². The molecule has 0 spiro atoms. The van der Waals surface area contributed by atoms with Gasteiger partial charge in [-0.3, -0.25) is 9.69 Å². The molecule has 2 aromatic carbocycles. The molecule has 2 atom stereocenters. The summed E-state index contributed by atoms with van der Waals surface area (Å²) in [4.78, 5) is 17.2. The normalized spacial score (nSPS) is 25.2. The lowest BCUT2D eigenvalue weighted by atomic mass is 9.79. The number of carbonyl (C=O) groups is 1. The number of ether oxygens (including phenoxy) is 1. The first-order valence-electron chi connectivity index (χ1n) is 10.2. The van der Waals surface area contributed by atoms with Crippen LogP contribution in [-0.4, -0.2) is 60.1 Å². The Balaban J connectivity index is 1.64. The molecule has 2 heterocycles. The highest BCUT2D eigenvalue weighted by molar-refractivity contribution is 5.97. The molecule has 5 nitrogen and oxygen atoms in total. The van der Waals surface area contributed by atoms with Gasteiger partial charge in [0.15, 0.2) is 11.6 Å². The van der Waals surface area contributed by atoms with Gasteiger partial charge in [0.25, 0.3) is 5.91 Å². The summed E-state index contributed by atoms with van der Waals surface area (Å²) in [5.74, 6) is -0.841. The Bertz CT molecular complexity index is 870. The third-order valence-electron chi connectivity index (χ3n) is 6.25. The summed E-state index contributed by atoms with van der Waals surface area (Å²) in [5.41, 5.74) is 0.0826. The summed E-state index contributed by atoms with van der Waals surface area (Å²) in [6.07, 6.45) is 2.61. The third kappa shape index (κ3) is 3.63. The van der Waals surface area contributed by atoms with Crippen molar-refractivity contribution in [3.63, 3.8) is 0 Å². The molecule has 0 aliphatic carbocycles. The van der Waals surface area contributed by atoms with Crippen LogP contribution in [0.1, 0.15) is 35.2 Å². The summed E-state index contributed by atoms with van der Waals surface area (Å²) < 4.78 is 19.2. The molecule has 0 unspecified atom stereocenters. The summed E-state index contributed by atoms with van der Waals surface area (Å²) >= 11 is 0. The number of halogens is 1. The Labute approximate surface area is 170 Å². The van der Waals surface area contributed by atoms with Crippen molar-refractivity contribution in [2.75, 3.05) is 33.3 Å². The van der Waals surface area contributed by atoms with Gasteiger partial charge in [-0.1, -0.05) is 36.4 Å². The highest BCUT2D eigenvalue weighted by Gasteiger charge is 2.47. The van der Waals surface area contributed by atoms with Crippen LogP contribution in [0.4, 0.5) is 4.39 Å². The van der Waals surface area contributed by atoms with Crippen molar-refractivity contribution in [2.45, 2.75) is 30.9 Å². The van der Waals surface area contributed by atoms with Crippen LogP contribution in [0.25, 0.3) is 0 Å². The topological polar surface area (TPSA) is 53.0 Å². The smallest absolute Gasteiger partial charge is 0.257 e. The summed E-state index contributed by atoms with van der Waals surface area (Å²) in [7, 11) is 1.37. The molecule has 154 valence electrons. The lowest BCUT2D eigenvalue weighted by molar-refractivity contribution is -0.0878. The maximum atomic E-state index is 14.1. The number of carbonyl (C=O) groups excluding carboxylic acids is 1. The highest BCUT2D eigenvalue weighted by Crippen LogP contribution is 2.38. The molecule has 2 aromatic rings. The number of nitrogens with zero attached hydrogens (tertiary/aromatic N) is 2. The largest absolute Gasteiger partial charge is 0.493 e. The summed E-state index contributed by atoms with van der Waals surface area (Å²) in [6.45, 7) is 2.61. The first-order chi connectivity index (χ1) is 14.0. The fraction of sp³-hybridized carbons (Fsp3) is 0.435. The Morgan fingerprint density at radius 1 is 1.10 bits per heavy atom. The van der Waals surface area contributed by atoms with Crippen LogP contribution < -0.4 is 4.74 Å². The van der Waals surface area contributed by atoms with Gasteiger partial charge in [0.05, 0.1) is 18.7 Å². The molecule has 0 aromatic heterocycles. The van der Waals surface area contributed by atoms with E-state index in [0.717, 1.165) is 31.5 Å². The molecular formula is C23H27FN2O3. The van der Waals surface area contributed by atoms with Crippen molar-refractivity contribution >= 4 is 5.91 Å². The van der Waals surface area contributed by atoms with Gasteiger partial charge >= 0.3 is 0 Å². The zero-order valence-electron chi connectivity index (χ0n) is 16.7. The average Bonchev–Trinajstić information content (AvgIpc) is 3.28. The van der Waals surface area contributed by atoms with Crippen molar-refractivity contribution in [1.29, 1.82) is 0 Å². The van der Waals surface area contributed by atoms with Crippen LogP contribution in [0.15, 0.2) is 48.5 Å². The van der Waals surface area contributed by atoms with E-state index < -0.39 is 11.4 Å². The van der Waals surface area contributed by atoms with E-state index in [9.17, 15) is 14.3 Å². The minimum atomic E-state index is -1.02. The number of piperidine rings is 1. The maximum Gasteiger partial charge on any atom is 0.257 e. The molecule has 29 heavy (non-hydrogen) atoms. The zero-order chi connectivity index (χ0) is 20.4. The van der Waals surface area contributed by atoms with E-state index in [-0.39, 0.29) is 23.3 Å². The van der Waals surface area contributed by atoms with Crippen LogP contribution in [0.2, 0.25) is 0 Å². The van der Waals surface area contributed by atoms with Gasteiger partial charge in [-0.05, 0) is 50.0 Å². The summed E-state index contributed by atoms with van der Waals surface area (Å²) in [6, 6.07) is 13.9. The predicted octanol–water partition coefficient (Wildman–Crippen LogP) is 3.03. The van der Waals surface area contributed by atoms with Gasteiger partial charge in [0.1, 0.15) is 5.60 Å². The quantitative estimate of drug-likeness (QED) is 0.860. The number of benzene rings is 2. The van der Waals surface area contributed by atoms with Gasteiger partial charge < -0.3 is 14.7 Å². The number of aliphatic hydroxyl groups is 1. The second kappa shape index (κ2) is 8.13. The van der Waals surface area contributed by atoms with E-state index in [4.69, 9.17) is 4.74 Å². The summed E-state index contributed by atoms with van der Waals surface area (Å²) in [5, 5.41) is 11.7. The molecule has 2 saturated heterocycles. The minimum absolute atomic E-state index is 0.0286. The molecular weight excluding hydrogens is 371 g/mol. The first-order valence-corrected chi connectivity index (χ1v) is 10.2. The number of rotatable bonds is 4. The molecule has 1 amide bonds. The van der Waals surface area contributed by atoms with Gasteiger partial charge in [0, 0.05) is 13.1 Å². The molecule has 1 N–H and O–H groups in total. The van der Waals surface area contributed by atoms with Crippen molar-refractivity contribution in [2.24, 2.45) is 0 Å². The average molecular weight is 398 g/mol. The molecule has 2 fully saturated rings. The van der Waals surface area contributed by atoms with Crippen molar-refractivity contribution < 1.29 is 19.0 Å². The standard InChI is InChI=1S/C23H27FN2O3/c1-29-21-18(10-7-11-19(21)24)22(27)26-15-12-23(28,17-8-3-2-4-9-17)20(16-26)25-13-5-6-14-25/h2-4,7-11,20,28H,5-6,12-16H2,1H3/t20-,23+/m1/s1. The van der Waals surface area contributed by atoms with E-state index in [2.05, 4.69) is 4.90 Å². The first kappa shape index (κ1) is 19.9. The lowest BCUT2D eigenvalue weighted by Gasteiger charge is -2.48. The third-order valence-corrected chi connectivity index (χ3v) is 6.25. The Morgan fingerprint density at radius 3 is 2.52 bits per heavy atom. The van der Waals surface area contributed by atoms with E-state index in [1.165, 1.54) is 19.2 Å². The van der Waals surface area contributed by atoms with Crippen molar-refractivity contribution in [3.05, 3.63) is 65.5 Å². The molecule has 0 bridgehead atoms. The number of amides is 1. The zero-order valence-corrected chi connectivity index (χ0v) is 16.7. The minimum Gasteiger partial charge on any atom is -0.493 e. The second-order valence-corrected chi connectivity index (χ2v) is 7.87. The van der Waals surface area contributed by atoms with Gasteiger partial charge in [0.2, 0.25) is 0 Å². The Morgan fingerprint density at radius 2 is 1.83 bits per heavy atom. The van der Waals surface area contributed by atoms with Gasteiger partial charge in [-0.2, -0.15) is 0 Å². The fourth-order valence-corrected chi connectivity index (χ4v) is 4.70. The van der Waals surface area contributed by atoms with Crippen LogP contribution in [-0.2, 0) is 5.60 Å². The SMILES string of the molecule is COc1c(F)cccc1C(=O)N1CC[C@](O)(c2ccccc2)[C@H](N2CCCC2)C1. The van der Waals surface area contributed by atoms with Crippen LogP contribution in [0.3, 0.4) is 0 Å². The molecule has 0 radical (unpaired) electrons. The maximum absolute atomic E-state index is 14.1. The van der Waals surface area contributed by atoms with E-state index in [0.29, 0.717) is 19.5 Å². The number of hydrogen-bond donors (Lipinski definition) is 1. The number of methoxy groups -OCH3 is 1. The second-order valence-electron chi connectivity index (χ2n) is 7.87. The lowest BCUT2D eigenvalue weighted by Crippen LogP contribution is -2.61. The van der Waals surface area contributed by atoms with Gasteiger partial charge in [-0.15, -0.1) is 0 Å². The van der Waals surface area contributed by atoms with Crippen molar-refractivity contribution in [3.8, 4) is 5.75 Å². The number of hydrogen-bond acceptors (Lipinski definition) is 4. The monoisotopic (exact) mass is 398 g/mol. The Kier molecular flexibility index (Phi) is 5.56. The van der Waals surface area contributed by atoms with Crippen LogP contribution in [0, 0.1) is 5.82 Å². The van der Waals surface area contributed by atoms with Crippen molar-refractivity contribution in [1.82, 2.24) is 9.80 Å². The van der Waals surface area contributed by atoms with E-state index in [1.54, 1.807) is 11.0 Å². The molecule has 6 heteroatoms. The molecule has 2 aliphatic heterocycles. The Hall–Kier alpha value is -2.44. The highest BCUT2D eigenvalue weighted by atomic mass is 19.1. The van der Waals surface area contributed by atoms with Gasteiger partial charge in [-0.25, -0.2) is 4.39 Å². The number of para-hydroxylation sites is 1. The predicted molar refractivity (Wildman–Crippen MR) is 108 cm³/mol. The molecule has 4 rings (SSSR count). The molecule has 0 saturated carbocycles. The van der Waals surface area contributed by atoms with Crippen LogP contribution in [0.5, 0.6) is 5.75 Å². The van der Waals surface area contributed by atoms with E-state index in [1.807, 2.05) is 30.3 Å². The fourth-order valence-electron chi connectivity index (χ4n) is 4.70.